The van der Waals surface area contributed by atoms with Crippen molar-refractivity contribution in [3.63, 3.8) is 0 Å². The van der Waals surface area contributed by atoms with E-state index < -0.39 is 8.07 Å². The third kappa shape index (κ3) is 4.70. The zero-order chi connectivity index (χ0) is 12.0. The van der Waals surface area contributed by atoms with E-state index in [4.69, 9.17) is 9.84 Å². The van der Waals surface area contributed by atoms with Gasteiger partial charge in [0.15, 0.2) is 0 Å². The summed E-state index contributed by atoms with van der Waals surface area (Å²) >= 11 is 0. The number of phenols is 1. The first-order valence-electron chi connectivity index (χ1n) is 5.95. The summed E-state index contributed by atoms with van der Waals surface area (Å²) in [7, 11) is -0.944. The molecule has 0 fully saturated rings. The Morgan fingerprint density at radius 1 is 1.19 bits per heavy atom. The van der Waals surface area contributed by atoms with Crippen LogP contribution in [0.15, 0.2) is 24.3 Å². The molecule has 1 aromatic rings. The maximum Gasteiger partial charge on any atom is 0.119 e. The highest BCUT2D eigenvalue weighted by Gasteiger charge is 2.16. The number of phenolic OH excluding ortho intramolecular Hbond substituents is 1. The van der Waals surface area contributed by atoms with Gasteiger partial charge in [-0.2, -0.15) is 0 Å². The van der Waals surface area contributed by atoms with Crippen LogP contribution in [0, 0.1) is 0 Å². The van der Waals surface area contributed by atoms with Crippen LogP contribution in [0.4, 0.5) is 0 Å². The Bertz CT molecular complexity index is 306. The summed E-state index contributed by atoms with van der Waals surface area (Å²) in [4.78, 5) is 0. The van der Waals surface area contributed by atoms with E-state index in [2.05, 4.69) is 20.0 Å². The number of ether oxygens (including phenoxy) is 1. The Morgan fingerprint density at radius 2 is 1.81 bits per heavy atom. The van der Waals surface area contributed by atoms with Crippen molar-refractivity contribution < 1.29 is 9.84 Å². The van der Waals surface area contributed by atoms with E-state index in [-0.39, 0.29) is 5.75 Å². The van der Waals surface area contributed by atoms with Crippen molar-refractivity contribution >= 4 is 8.07 Å². The van der Waals surface area contributed by atoms with Crippen LogP contribution in [-0.4, -0.2) is 19.8 Å². The highest BCUT2D eigenvalue weighted by Crippen LogP contribution is 2.19. The summed E-state index contributed by atoms with van der Waals surface area (Å²) in [5, 5.41) is 9.12. The van der Waals surface area contributed by atoms with Crippen LogP contribution in [0.1, 0.15) is 13.3 Å². The quantitative estimate of drug-likeness (QED) is 0.602. The lowest BCUT2D eigenvalue weighted by Crippen LogP contribution is -2.24. The van der Waals surface area contributed by atoms with Crippen LogP contribution >= 0.6 is 0 Å². The molecule has 90 valence electrons. The maximum atomic E-state index is 9.12. The van der Waals surface area contributed by atoms with Crippen molar-refractivity contribution in [2.75, 3.05) is 6.61 Å². The molecule has 16 heavy (non-hydrogen) atoms. The normalized spacial score (nSPS) is 11.4. The van der Waals surface area contributed by atoms with Gasteiger partial charge in [0.1, 0.15) is 11.5 Å². The minimum absolute atomic E-state index is 0.284. The minimum Gasteiger partial charge on any atom is -0.508 e. The third-order valence-electron chi connectivity index (χ3n) is 3.06. The van der Waals surface area contributed by atoms with Crippen molar-refractivity contribution in [2.24, 2.45) is 0 Å². The van der Waals surface area contributed by atoms with Crippen molar-refractivity contribution in [2.45, 2.75) is 38.5 Å². The molecule has 0 aliphatic rings. The van der Waals surface area contributed by atoms with E-state index in [1.54, 1.807) is 24.3 Å². The fourth-order valence-corrected chi connectivity index (χ4v) is 2.91. The molecule has 0 bridgehead atoms. The summed E-state index contributed by atoms with van der Waals surface area (Å²) in [6, 6.07) is 9.57. The Morgan fingerprint density at radius 3 is 2.38 bits per heavy atom. The summed E-state index contributed by atoms with van der Waals surface area (Å²) < 4.78 is 5.61. The second kappa shape index (κ2) is 5.94. The monoisotopic (exact) mass is 238 g/mol. The first-order chi connectivity index (χ1) is 7.53. The average molecular weight is 238 g/mol. The second-order valence-corrected chi connectivity index (χ2v) is 10.5. The number of hydrogen-bond donors (Lipinski definition) is 1. The van der Waals surface area contributed by atoms with Crippen LogP contribution in [0.2, 0.25) is 25.2 Å². The van der Waals surface area contributed by atoms with Crippen LogP contribution in [-0.2, 0) is 0 Å². The van der Waals surface area contributed by atoms with Crippen LogP contribution < -0.4 is 4.74 Å². The van der Waals surface area contributed by atoms with Gasteiger partial charge >= 0.3 is 0 Å². The fraction of sp³-hybridized carbons (Fsp3) is 0.538. The van der Waals surface area contributed by atoms with Gasteiger partial charge in [-0.3, -0.25) is 0 Å². The van der Waals surface area contributed by atoms with E-state index >= 15 is 0 Å². The SMILES string of the molecule is CC[Si](C)(C)CCCOc1ccc(O)cc1. The van der Waals surface area contributed by atoms with Gasteiger partial charge in [-0.1, -0.05) is 32.1 Å². The molecule has 1 N–H and O–H groups in total. The topological polar surface area (TPSA) is 29.5 Å². The van der Waals surface area contributed by atoms with Crippen molar-refractivity contribution in [3.05, 3.63) is 24.3 Å². The Hall–Kier alpha value is -0.963. The largest absolute Gasteiger partial charge is 0.508 e. The Kier molecular flexibility index (Phi) is 4.87. The van der Waals surface area contributed by atoms with Gasteiger partial charge in [0.2, 0.25) is 0 Å². The molecular weight excluding hydrogens is 216 g/mol. The van der Waals surface area contributed by atoms with E-state index in [9.17, 15) is 0 Å². The standard InChI is InChI=1S/C13H22O2Si/c1-4-16(2,3)11-5-10-15-13-8-6-12(14)7-9-13/h6-9,14H,4-5,10-11H2,1-3H3. The van der Waals surface area contributed by atoms with Gasteiger partial charge in [0.25, 0.3) is 0 Å². The van der Waals surface area contributed by atoms with Gasteiger partial charge in [-0.25, -0.2) is 0 Å². The third-order valence-corrected chi connectivity index (χ3v) is 6.68. The molecule has 0 amide bonds. The second-order valence-electron chi connectivity index (χ2n) is 4.96. The molecule has 0 unspecified atom stereocenters. The van der Waals surface area contributed by atoms with Crippen LogP contribution in [0.25, 0.3) is 0 Å². The van der Waals surface area contributed by atoms with Gasteiger partial charge in [-0.15, -0.1) is 0 Å². The maximum absolute atomic E-state index is 9.12. The predicted molar refractivity (Wildman–Crippen MR) is 71.0 cm³/mol. The Balaban J connectivity index is 2.23. The molecule has 0 saturated heterocycles. The molecule has 0 heterocycles. The molecular formula is C13H22O2Si. The van der Waals surface area contributed by atoms with E-state index in [1.807, 2.05) is 0 Å². The molecule has 1 rings (SSSR count). The van der Waals surface area contributed by atoms with Crippen molar-refractivity contribution in [1.29, 1.82) is 0 Å². The van der Waals surface area contributed by atoms with Gasteiger partial charge < -0.3 is 9.84 Å². The molecule has 3 heteroatoms. The number of benzene rings is 1. The molecule has 0 aliphatic carbocycles. The molecule has 0 radical (unpaired) electrons. The summed E-state index contributed by atoms with van der Waals surface area (Å²) in [6.45, 7) is 7.91. The summed E-state index contributed by atoms with van der Waals surface area (Å²) in [5.41, 5.74) is 0. The number of rotatable bonds is 6. The highest BCUT2D eigenvalue weighted by atomic mass is 28.3. The summed E-state index contributed by atoms with van der Waals surface area (Å²) in [6.07, 6.45) is 1.13. The number of aromatic hydroxyl groups is 1. The molecule has 2 nitrogen and oxygen atoms in total. The van der Waals surface area contributed by atoms with Crippen LogP contribution in [0.5, 0.6) is 11.5 Å². The lowest BCUT2D eigenvalue weighted by atomic mass is 10.3. The van der Waals surface area contributed by atoms with Crippen molar-refractivity contribution in [1.82, 2.24) is 0 Å². The highest BCUT2D eigenvalue weighted by molar-refractivity contribution is 6.77. The summed E-state index contributed by atoms with van der Waals surface area (Å²) in [5.74, 6) is 1.13. The lowest BCUT2D eigenvalue weighted by molar-refractivity contribution is 0.316. The van der Waals surface area contributed by atoms with Gasteiger partial charge in [-0.05, 0) is 30.7 Å². The van der Waals surface area contributed by atoms with Gasteiger partial charge in [0.05, 0.1) is 6.61 Å². The smallest absolute Gasteiger partial charge is 0.119 e. The number of hydrogen-bond acceptors (Lipinski definition) is 2. The molecule has 0 aliphatic heterocycles. The first kappa shape index (κ1) is 13.1. The zero-order valence-electron chi connectivity index (χ0n) is 10.5. The van der Waals surface area contributed by atoms with E-state index in [0.29, 0.717) is 0 Å². The average Bonchev–Trinajstić information content (AvgIpc) is 2.27. The van der Waals surface area contributed by atoms with E-state index in [1.165, 1.54) is 12.1 Å². The first-order valence-corrected chi connectivity index (χ1v) is 9.37. The van der Waals surface area contributed by atoms with Gasteiger partial charge in [0, 0.05) is 8.07 Å². The van der Waals surface area contributed by atoms with Crippen LogP contribution in [0.3, 0.4) is 0 Å². The molecule has 0 saturated carbocycles. The van der Waals surface area contributed by atoms with Crippen molar-refractivity contribution in [3.8, 4) is 11.5 Å². The molecule has 0 aromatic heterocycles. The molecule has 0 spiro atoms. The Labute approximate surface area is 99.3 Å². The lowest BCUT2D eigenvalue weighted by Gasteiger charge is -2.19. The molecule has 1 aromatic carbocycles. The van der Waals surface area contributed by atoms with E-state index in [0.717, 1.165) is 18.8 Å². The minimum atomic E-state index is -0.944. The fourth-order valence-electron chi connectivity index (χ4n) is 1.46. The predicted octanol–water partition coefficient (Wildman–Crippen LogP) is 3.89. The zero-order valence-corrected chi connectivity index (χ0v) is 11.5. The molecule has 0 atom stereocenters.